The van der Waals surface area contributed by atoms with Crippen LogP contribution in [0.5, 0.6) is 0 Å². The van der Waals surface area contributed by atoms with Crippen LogP contribution in [-0.4, -0.2) is 41.2 Å². The van der Waals surface area contributed by atoms with Crippen LogP contribution in [0.25, 0.3) is 0 Å². The molecule has 0 fully saturated rings. The summed E-state index contributed by atoms with van der Waals surface area (Å²) in [7, 11) is 0. The molecule has 30 heavy (non-hydrogen) atoms. The van der Waals surface area contributed by atoms with Crippen LogP contribution in [-0.2, 0) is 14.3 Å². The molecule has 3 rings (SSSR count). The van der Waals surface area contributed by atoms with Crippen molar-refractivity contribution in [2.45, 2.75) is 32.2 Å². The van der Waals surface area contributed by atoms with Crippen molar-refractivity contribution >= 4 is 41.0 Å². The first kappa shape index (κ1) is 21.5. The molecule has 8 heteroatoms. The zero-order chi connectivity index (χ0) is 21.7. The zero-order valence-electron chi connectivity index (χ0n) is 16.4. The number of carbonyl (C=O) groups is 4. The van der Waals surface area contributed by atoms with E-state index >= 15 is 0 Å². The number of unbranched alkanes of at least 4 members (excludes halogenated alkanes) is 1. The fourth-order valence-electron chi connectivity index (χ4n) is 3.22. The van der Waals surface area contributed by atoms with Gasteiger partial charge in [0.1, 0.15) is 6.04 Å². The molecule has 7 nitrogen and oxygen atoms in total. The lowest BCUT2D eigenvalue weighted by atomic mass is 10.1. The van der Waals surface area contributed by atoms with Gasteiger partial charge in [-0.3, -0.25) is 19.3 Å². The highest BCUT2D eigenvalue weighted by Gasteiger charge is 2.43. The summed E-state index contributed by atoms with van der Waals surface area (Å²) >= 11 is 6.00. The van der Waals surface area contributed by atoms with Crippen molar-refractivity contribution in [1.29, 1.82) is 0 Å². The Morgan fingerprint density at radius 3 is 2.23 bits per heavy atom. The number of carbonyl (C=O) groups excluding carboxylic acids is 4. The Kier molecular flexibility index (Phi) is 6.84. The molecule has 3 amide bonds. The molecule has 1 aliphatic heterocycles. The van der Waals surface area contributed by atoms with Crippen molar-refractivity contribution in [2.75, 3.05) is 11.9 Å². The van der Waals surface area contributed by atoms with Crippen LogP contribution in [0.15, 0.2) is 48.5 Å². The highest BCUT2D eigenvalue weighted by molar-refractivity contribution is 6.33. The number of rotatable bonds is 8. The number of imide groups is 1. The highest BCUT2D eigenvalue weighted by atomic mass is 35.5. The summed E-state index contributed by atoms with van der Waals surface area (Å²) in [4.78, 5) is 51.3. The molecular formula is C22H21ClN2O5. The fourth-order valence-corrected chi connectivity index (χ4v) is 3.41. The number of anilines is 1. The van der Waals surface area contributed by atoms with Crippen LogP contribution in [0.3, 0.4) is 0 Å². The Bertz CT molecular complexity index is 956. The van der Waals surface area contributed by atoms with Gasteiger partial charge < -0.3 is 10.1 Å². The van der Waals surface area contributed by atoms with E-state index in [4.69, 9.17) is 16.3 Å². The van der Waals surface area contributed by atoms with E-state index in [0.29, 0.717) is 17.1 Å². The number of esters is 1. The number of benzene rings is 2. The van der Waals surface area contributed by atoms with E-state index in [1.165, 1.54) is 0 Å². The lowest BCUT2D eigenvalue weighted by molar-refractivity contribution is -0.151. The molecule has 0 unspecified atom stereocenters. The lowest BCUT2D eigenvalue weighted by Gasteiger charge is -2.24. The van der Waals surface area contributed by atoms with Gasteiger partial charge in [0.25, 0.3) is 17.7 Å². The predicted octanol–water partition coefficient (Wildman–Crippen LogP) is 3.68. The molecule has 156 valence electrons. The molecule has 1 atom stereocenters. The van der Waals surface area contributed by atoms with Crippen LogP contribution >= 0.6 is 11.6 Å². The maximum atomic E-state index is 12.7. The van der Waals surface area contributed by atoms with E-state index in [1.54, 1.807) is 48.5 Å². The molecule has 0 bridgehead atoms. The standard InChI is InChI=1S/C22H21ClN2O5/c1-2-3-12-18(25-20(27)14-8-4-5-9-15(14)21(25)28)22(29)30-13-19(26)24-17-11-7-6-10-16(17)23/h4-11,18H,2-3,12-13H2,1H3,(H,24,26)/t18-/m1/s1. The van der Waals surface area contributed by atoms with Gasteiger partial charge in [-0.15, -0.1) is 0 Å². The van der Waals surface area contributed by atoms with Crippen molar-refractivity contribution in [3.8, 4) is 0 Å². The van der Waals surface area contributed by atoms with Crippen LogP contribution in [0.2, 0.25) is 5.02 Å². The molecule has 0 aliphatic carbocycles. The van der Waals surface area contributed by atoms with E-state index in [9.17, 15) is 19.2 Å². The Morgan fingerprint density at radius 2 is 1.63 bits per heavy atom. The van der Waals surface area contributed by atoms with E-state index in [2.05, 4.69) is 5.32 Å². The molecule has 0 radical (unpaired) electrons. The molecular weight excluding hydrogens is 408 g/mol. The molecule has 0 saturated carbocycles. The third-order valence-corrected chi connectivity index (χ3v) is 5.06. The van der Waals surface area contributed by atoms with Gasteiger partial charge >= 0.3 is 5.97 Å². The fraction of sp³-hybridized carbons (Fsp3) is 0.273. The number of para-hydroxylation sites is 1. The molecule has 0 aromatic heterocycles. The molecule has 2 aromatic rings. The van der Waals surface area contributed by atoms with E-state index < -0.39 is 36.3 Å². The molecule has 1 N–H and O–H groups in total. The quantitative estimate of drug-likeness (QED) is 0.511. The van der Waals surface area contributed by atoms with Crippen LogP contribution in [0, 0.1) is 0 Å². The first-order valence-corrected chi connectivity index (χ1v) is 9.99. The maximum Gasteiger partial charge on any atom is 0.329 e. The number of hydrogen-bond donors (Lipinski definition) is 1. The average Bonchev–Trinajstić information content (AvgIpc) is 2.99. The first-order chi connectivity index (χ1) is 14.4. The topological polar surface area (TPSA) is 92.8 Å². The van der Waals surface area contributed by atoms with Crippen molar-refractivity contribution in [3.05, 3.63) is 64.7 Å². The molecule has 0 spiro atoms. The second kappa shape index (κ2) is 9.54. The van der Waals surface area contributed by atoms with Crippen molar-refractivity contribution < 1.29 is 23.9 Å². The molecule has 0 saturated heterocycles. The van der Waals surface area contributed by atoms with E-state index in [1.807, 2.05) is 6.92 Å². The number of amides is 3. The molecule has 1 aliphatic rings. The van der Waals surface area contributed by atoms with Crippen molar-refractivity contribution in [3.63, 3.8) is 0 Å². The van der Waals surface area contributed by atoms with E-state index in [0.717, 1.165) is 11.3 Å². The molecule has 2 aromatic carbocycles. The van der Waals surface area contributed by atoms with Gasteiger partial charge in [-0.25, -0.2) is 4.79 Å². The smallest absolute Gasteiger partial charge is 0.329 e. The Balaban J connectivity index is 1.69. The summed E-state index contributed by atoms with van der Waals surface area (Å²) in [5.41, 5.74) is 0.907. The third kappa shape index (κ3) is 4.52. The minimum absolute atomic E-state index is 0.257. The average molecular weight is 429 g/mol. The Morgan fingerprint density at radius 1 is 1.03 bits per heavy atom. The summed E-state index contributed by atoms with van der Waals surface area (Å²) in [6.07, 6.45) is 1.63. The van der Waals surface area contributed by atoms with Gasteiger partial charge in [-0.2, -0.15) is 0 Å². The summed E-state index contributed by atoms with van der Waals surface area (Å²) in [5.74, 6) is -2.44. The number of ether oxygens (including phenoxy) is 1. The predicted molar refractivity (Wildman–Crippen MR) is 111 cm³/mol. The summed E-state index contributed by atoms with van der Waals surface area (Å²) < 4.78 is 5.14. The molecule has 1 heterocycles. The zero-order valence-corrected chi connectivity index (χ0v) is 17.1. The minimum atomic E-state index is -1.09. The minimum Gasteiger partial charge on any atom is -0.454 e. The number of fused-ring (bicyclic) bond motifs is 1. The normalized spacial score (nSPS) is 13.7. The number of halogens is 1. The number of hydrogen-bond acceptors (Lipinski definition) is 5. The summed E-state index contributed by atoms with van der Waals surface area (Å²) in [6.45, 7) is 1.37. The van der Waals surface area contributed by atoms with Gasteiger partial charge in [0.05, 0.1) is 21.8 Å². The van der Waals surface area contributed by atoms with Gasteiger partial charge in [-0.1, -0.05) is 55.6 Å². The second-order valence-electron chi connectivity index (χ2n) is 6.82. The highest BCUT2D eigenvalue weighted by Crippen LogP contribution is 2.27. The first-order valence-electron chi connectivity index (χ1n) is 9.62. The monoisotopic (exact) mass is 428 g/mol. The van der Waals surface area contributed by atoms with Crippen LogP contribution in [0.1, 0.15) is 46.9 Å². The Hall–Kier alpha value is -3.19. The SMILES string of the molecule is CCCC[C@H](C(=O)OCC(=O)Nc1ccccc1Cl)N1C(=O)c2ccccc2C1=O. The van der Waals surface area contributed by atoms with Gasteiger partial charge in [0.2, 0.25) is 0 Å². The van der Waals surface area contributed by atoms with Gasteiger partial charge in [0.15, 0.2) is 6.61 Å². The van der Waals surface area contributed by atoms with Crippen molar-refractivity contribution in [2.24, 2.45) is 0 Å². The largest absolute Gasteiger partial charge is 0.454 e. The maximum absolute atomic E-state index is 12.7. The summed E-state index contributed by atoms with van der Waals surface area (Å²) in [6, 6.07) is 12.0. The van der Waals surface area contributed by atoms with Crippen molar-refractivity contribution in [1.82, 2.24) is 4.90 Å². The lowest BCUT2D eigenvalue weighted by Crippen LogP contribution is -2.46. The van der Waals surface area contributed by atoms with E-state index in [-0.39, 0.29) is 17.5 Å². The number of nitrogens with one attached hydrogen (secondary N) is 1. The van der Waals surface area contributed by atoms with Crippen LogP contribution < -0.4 is 5.32 Å². The van der Waals surface area contributed by atoms with Gasteiger partial charge in [0, 0.05) is 0 Å². The van der Waals surface area contributed by atoms with Gasteiger partial charge in [-0.05, 0) is 30.7 Å². The summed E-state index contributed by atoms with van der Waals surface area (Å²) in [5, 5.41) is 2.90. The third-order valence-electron chi connectivity index (χ3n) is 4.73. The number of nitrogens with zero attached hydrogens (tertiary/aromatic N) is 1. The second-order valence-corrected chi connectivity index (χ2v) is 7.23. The van der Waals surface area contributed by atoms with Crippen LogP contribution in [0.4, 0.5) is 5.69 Å². The Labute approximate surface area is 179 Å².